The highest BCUT2D eigenvalue weighted by Gasteiger charge is 2.25. The molecule has 0 radical (unpaired) electrons. The van der Waals surface area contributed by atoms with E-state index in [0.29, 0.717) is 17.4 Å². The standard InChI is InChI=1S/C26H52NO8P/c1-5-6-7-8-9-10-11-12-13-14-15-16-17-18-19-26(29)32-22-25(33-24-28)23-35-36(30,31)34-21-20-27(2,3)4/h24-25H,5-23H2,1-4H3/p+1. The number of nitrogens with zero attached hydrogens (tertiary/aromatic N) is 1. The summed E-state index contributed by atoms with van der Waals surface area (Å²) >= 11 is 0. The normalized spacial score (nSPS) is 14.2. The molecule has 0 saturated carbocycles. The third kappa shape index (κ3) is 24.7. The first-order valence-electron chi connectivity index (χ1n) is 13.8. The number of carbonyl (C=O) groups is 2. The van der Waals surface area contributed by atoms with Gasteiger partial charge in [-0.15, -0.1) is 0 Å². The average molecular weight is 539 g/mol. The molecule has 9 nitrogen and oxygen atoms in total. The molecule has 10 heteroatoms. The maximum atomic E-state index is 12.0. The fraction of sp³-hybridized carbons (Fsp3) is 0.923. The highest BCUT2D eigenvalue weighted by atomic mass is 31.2. The van der Waals surface area contributed by atoms with Crippen LogP contribution in [0, 0.1) is 0 Å². The Balaban J connectivity index is 3.80. The van der Waals surface area contributed by atoms with Gasteiger partial charge in [0, 0.05) is 6.42 Å². The zero-order valence-corrected chi connectivity index (χ0v) is 24.2. The molecular weight excluding hydrogens is 485 g/mol. The fourth-order valence-electron chi connectivity index (χ4n) is 3.57. The van der Waals surface area contributed by atoms with E-state index in [-0.39, 0.29) is 25.7 Å². The van der Waals surface area contributed by atoms with Crippen molar-refractivity contribution in [1.82, 2.24) is 0 Å². The zero-order chi connectivity index (χ0) is 27.1. The molecule has 0 amide bonds. The molecule has 1 N–H and O–H groups in total. The first-order chi connectivity index (χ1) is 17.1. The first-order valence-corrected chi connectivity index (χ1v) is 15.3. The van der Waals surface area contributed by atoms with Crippen LogP contribution in [0.4, 0.5) is 0 Å². The number of hydrogen-bond acceptors (Lipinski definition) is 7. The number of unbranched alkanes of at least 4 members (excludes halogenated alkanes) is 13. The summed E-state index contributed by atoms with van der Waals surface area (Å²) in [6, 6.07) is 0. The number of phosphoric acid groups is 1. The number of quaternary nitrogens is 1. The van der Waals surface area contributed by atoms with E-state index in [4.69, 9.17) is 18.5 Å². The Hall–Kier alpha value is -0.990. The summed E-state index contributed by atoms with van der Waals surface area (Å²) in [4.78, 5) is 32.4. The van der Waals surface area contributed by atoms with Crippen molar-refractivity contribution in [1.29, 1.82) is 0 Å². The monoisotopic (exact) mass is 538 g/mol. The van der Waals surface area contributed by atoms with E-state index in [1.54, 1.807) is 0 Å². The number of hydrogen-bond donors (Lipinski definition) is 1. The van der Waals surface area contributed by atoms with Crippen molar-refractivity contribution in [2.45, 2.75) is 109 Å². The largest absolute Gasteiger partial charge is 0.472 e. The number of esters is 1. The van der Waals surface area contributed by atoms with Gasteiger partial charge in [-0.25, -0.2) is 4.57 Å². The minimum Gasteiger partial charge on any atom is -0.462 e. The minimum absolute atomic E-state index is 0.0324. The lowest BCUT2D eigenvalue weighted by molar-refractivity contribution is -0.870. The molecule has 36 heavy (non-hydrogen) atoms. The van der Waals surface area contributed by atoms with Crippen molar-refractivity contribution in [2.24, 2.45) is 0 Å². The lowest BCUT2D eigenvalue weighted by atomic mass is 10.0. The summed E-state index contributed by atoms with van der Waals surface area (Å²) in [5.74, 6) is -0.389. The molecule has 0 aliphatic heterocycles. The van der Waals surface area contributed by atoms with Gasteiger partial charge in [0.1, 0.15) is 19.8 Å². The Morgan fingerprint density at radius 2 is 1.33 bits per heavy atom. The fourth-order valence-corrected chi connectivity index (χ4v) is 4.31. The summed E-state index contributed by atoms with van der Waals surface area (Å²) in [5.41, 5.74) is 0. The molecule has 0 aromatic carbocycles. The van der Waals surface area contributed by atoms with Crippen LogP contribution in [0.3, 0.4) is 0 Å². The van der Waals surface area contributed by atoms with E-state index < -0.39 is 20.5 Å². The van der Waals surface area contributed by atoms with Crippen LogP contribution in [0.25, 0.3) is 0 Å². The third-order valence-electron chi connectivity index (χ3n) is 5.85. The predicted molar refractivity (Wildman–Crippen MR) is 141 cm³/mol. The summed E-state index contributed by atoms with van der Waals surface area (Å²) in [5, 5.41) is 0. The van der Waals surface area contributed by atoms with Gasteiger partial charge in [-0.1, -0.05) is 90.4 Å². The molecule has 214 valence electrons. The Kier molecular flexibility index (Phi) is 21.4. The summed E-state index contributed by atoms with van der Waals surface area (Å²) < 4.78 is 32.3. The molecule has 2 atom stereocenters. The number of likely N-dealkylation sites (N-methyl/N-ethyl adjacent to an activating group) is 1. The molecule has 0 spiro atoms. The molecule has 0 aliphatic carbocycles. The Labute approximate surface area is 219 Å². The van der Waals surface area contributed by atoms with E-state index in [2.05, 4.69) is 6.92 Å². The van der Waals surface area contributed by atoms with Crippen molar-refractivity contribution in [3.63, 3.8) is 0 Å². The van der Waals surface area contributed by atoms with E-state index >= 15 is 0 Å². The molecule has 2 unspecified atom stereocenters. The number of rotatable bonds is 26. The quantitative estimate of drug-likeness (QED) is 0.0485. The topological polar surface area (TPSA) is 108 Å². The Bertz CT molecular complexity index is 597. The van der Waals surface area contributed by atoms with Crippen LogP contribution in [0.1, 0.15) is 103 Å². The zero-order valence-electron chi connectivity index (χ0n) is 23.3. The first kappa shape index (κ1) is 35.0. The van der Waals surface area contributed by atoms with Crippen molar-refractivity contribution >= 4 is 20.3 Å². The van der Waals surface area contributed by atoms with Gasteiger partial charge in [0.25, 0.3) is 6.47 Å². The molecule has 0 aromatic heterocycles. The van der Waals surface area contributed by atoms with Crippen LogP contribution < -0.4 is 0 Å². The van der Waals surface area contributed by atoms with Crippen molar-refractivity contribution in [3.8, 4) is 0 Å². The van der Waals surface area contributed by atoms with Gasteiger partial charge in [-0.3, -0.25) is 18.6 Å². The molecule has 0 heterocycles. The molecule has 0 aromatic rings. The van der Waals surface area contributed by atoms with Gasteiger partial charge in [0.15, 0.2) is 6.10 Å². The lowest BCUT2D eigenvalue weighted by Crippen LogP contribution is -2.37. The second kappa shape index (κ2) is 22.0. The second-order valence-electron chi connectivity index (χ2n) is 10.5. The molecule has 0 saturated heterocycles. The van der Waals surface area contributed by atoms with Crippen LogP contribution in [0.5, 0.6) is 0 Å². The van der Waals surface area contributed by atoms with Crippen LogP contribution in [0.15, 0.2) is 0 Å². The Morgan fingerprint density at radius 1 is 0.833 bits per heavy atom. The SMILES string of the molecule is CCCCCCCCCCCCCCCCC(=O)OCC(COP(=O)(O)OCC[N+](C)(C)C)OC=O. The van der Waals surface area contributed by atoms with Gasteiger partial charge >= 0.3 is 13.8 Å². The predicted octanol–water partition coefficient (Wildman–Crippen LogP) is 5.78. The molecule has 0 bridgehead atoms. The highest BCUT2D eigenvalue weighted by molar-refractivity contribution is 7.47. The average Bonchev–Trinajstić information content (AvgIpc) is 2.80. The third-order valence-corrected chi connectivity index (χ3v) is 6.84. The van der Waals surface area contributed by atoms with Crippen LogP contribution in [-0.2, 0) is 32.7 Å². The maximum Gasteiger partial charge on any atom is 0.472 e. The minimum atomic E-state index is -4.30. The highest BCUT2D eigenvalue weighted by Crippen LogP contribution is 2.43. The molecule has 0 rings (SSSR count). The van der Waals surface area contributed by atoms with Gasteiger partial charge in [0.2, 0.25) is 0 Å². The van der Waals surface area contributed by atoms with Crippen LogP contribution in [-0.4, -0.2) is 75.4 Å². The van der Waals surface area contributed by atoms with Crippen molar-refractivity contribution < 1.29 is 42.1 Å². The summed E-state index contributed by atoms with van der Waals surface area (Å²) in [6.07, 6.45) is 16.7. The molecular formula is C26H53NO8P+. The molecule has 0 aliphatic rings. The van der Waals surface area contributed by atoms with Gasteiger partial charge in [-0.2, -0.15) is 0 Å². The van der Waals surface area contributed by atoms with Crippen molar-refractivity contribution in [3.05, 3.63) is 0 Å². The van der Waals surface area contributed by atoms with Crippen LogP contribution in [0.2, 0.25) is 0 Å². The number of ether oxygens (including phenoxy) is 2. The summed E-state index contributed by atoms with van der Waals surface area (Å²) in [6.45, 7) is 2.33. The second-order valence-corrected chi connectivity index (χ2v) is 11.9. The number of carbonyl (C=O) groups excluding carboxylic acids is 2. The van der Waals surface area contributed by atoms with Crippen molar-refractivity contribution in [2.75, 3.05) is 47.5 Å². The van der Waals surface area contributed by atoms with E-state index in [1.807, 2.05) is 21.1 Å². The number of phosphoric ester groups is 1. The van der Waals surface area contributed by atoms with Crippen LogP contribution >= 0.6 is 7.82 Å². The van der Waals surface area contributed by atoms with Gasteiger partial charge in [0.05, 0.1) is 27.7 Å². The van der Waals surface area contributed by atoms with Gasteiger partial charge < -0.3 is 18.9 Å². The van der Waals surface area contributed by atoms with Gasteiger partial charge in [-0.05, 0) is 6.42 Å². The van der Waals surface area contributed by atoms with E-state index in [1.165, 1.54) is 70.6 Å². The summed E-state index contributed by atoms with van der Waals surface area (Å²) in [7, 11) is 1.48. The maximum absolute atomic E-state index is 12.0. The molecule has 0 fully saturated rings. The smallest absolute Gasteiger partial charge is 0.462 e. The Morgan fingerprint density at radius 3 is 1.81 bits per heavy atom. The lowest BCUT2D eigenvalue weighted by Gasteiger charge is -2.24. The van der Waals surface area contributed by atoms with E-state index in [9.17, 15) is 19.0 Å². The van der Waals surface area contributed by atoms with E-state index in [0.717, 1.165) is 19.3 Å².